The number of aromatic carboxylic acids is 1. The van der Waals surface area contributed by atoms with Crippen molar-refractivity contribution in [2.75, 3.05) is 17.3 Å². The molecule has 1 fully saturated rings. The van der Waals surface area contributed by atoms with E-state index in [2.05, 4.69) is 5.32 Å². The molecular formula is C29H29F3N2O4. The van der Waals surface area contributed by atoms with Gasteiger partial charge in [0.1, 0.15) is 5.75 Å². The second-order valence-electron chi connectivity index (χ2n) is 9.36. The highest BCUT2D eigenvalue weighted by molar-refractivity contribution is 6.02. The van der Waals surface area contributed by atoms with Crippen LogP contribution in [0.4, 0.5) is 29.3 Å². The van der Waals surface area contributed by atoms with Gasteiger partial charge in [-0.2, -0.15) is 13.2 Å². The zero-order valence-electron chi connectivity index (χ0n) is 20.9. The number of carbonyl (C=O) groups excluding carboxylic acids is 1. The highest BCUT2D eigenvalue weighted by Crippen LogP contribution is 2.39. The maximum atomic E-state index is 13.7. The van der Waals surface area contributed by atoms with Crippen molar-refractivity contribution in [3.05, 3.63) is 89.0 Å². The quantitative estimate of drug-likeness (QED) is 0.331. The molecule has 1 aliphatic rings. The van der Waals surface area contributed by atoms with E-state index < -0.39 is 23.7 Å². The average molecular weight is 527 g/mol. The molecule has 0 bridgehead atoms. The molecule has 1 saturated carbocycles. The fourth-order valence-corrected chi connectivity index (χ4v) is 4.84. The van der Waals surface area contributed by atoms with Crippen LogP contribution < -0.4 is 15.0 Å². The summed E-state index contributed by atoms with van der Waals surface area (Å²) >= 11 is 0. The smallest absolute Gasteiger partial charge is 0.416 e. The fourth-order valence-electron chi connectivity index (χ4n) is 4.84. The summed E-state index contributed by atoms with van der Waals surface area (Å²) in [4.78, 5) is 26.5. The number of hydrogen-bond donors (Lipinski definition) is 2. The first-order chi connectivity index (χ1) is 18.2. The van der Waals surface area contributed by atoms with E-state index in [9.17, 15) is 27.9 Å². The van der Waals surface area contributed by atoms with Gasteiger partial charge in [0, 0.05) is 17.4 Å². The highest BCUT2D eigenvalue weighted by atomic mass is 19.4. The Morgan fingerprint density at radius 1 is 1.00 bits per heavy atom. The minimum atomic E-state index is -4.62. The predicted molar refractivity (Wildman–Crippen MR) is 139 cm³/mol. The molecule has 0 aliphatic heterocycles. The van der Waals surface area contributed by atoms with Gasteiger partial charge in [-0.25, -0.2) is 9.59 Å². The van der Waals surface area contributed by atoms with Crippen LogP contribution in [-0.2, 0) is 12.7 Å². The average Bonchev–Trinajstić information content (AvgIpc) is 2.91. The van der Waals surface area contributed by atoms with E-state index in [0.717, 1.165) is 49.8 Å². The molecule has 2 amide bonds. The Morgan fingerprint density at radius 2 is 1.68 bits per heavy atom. The number of ether oxygens (including phenoxy) is 1. The van der Waals surface area contributed by atoms with Crippen LogP contribution in [0.2, 0.25) is 0 Å². The minimum Gasteiger partial charge on any atom is -0.497 e. The Bertz CT molecular complexity index is 1290. The van der Waals surface area contributed by atoms with Gasteiger partial charge >= 0.3 is 18.2 Å². The Hall–Kier alpha value is -4.01. The molecule has 0 saturated heterocycles. The van der Waals surface area contributed by atoms with Crippen LogP contribution in [0, 0.1) is 0 Å². The number of carboxylic acid groups (broad SMARTS) is 1. The summed E-state index contributed by atoms with van der Waals surface area (Å²) in [6.07, 6.45) is 0.705. The zero-order valence-corrected chi connectivity index (χ0v) is 20.9. The van der Waals surface area contributed by atoms with E-state index in [4.69, 9.17) is 4.74 Å². The van der Waals surface area contributed by atoms with Gasteiger partial charge in [-0.15, -0.1) is 0 Å². The lowest BCUT2D eigenvalue weighted by atomic mass is 9.83. The van der Waals surface area contributed by atoms with Crippen LogP contribution >= 0.6 is 0 Å². The lowest BCUT2D eigenvalue weighted by molar-refractivity contribution is -0.137. The van der Waals surface area contributed by atoms with E-state index in [1.54, 1.807) is 12.1 Å². The van der Waals surface area contributed by atoms with E-state index >= 15 is 0 Å². The Balaban J connectivity index is 1.71. The molecule has 0 radical (unpaired) electrons. The Labute approximate surface area is 219 Å². The van der Waals surface area contributed by atoms with Gasteiger partial charge in [-0.3, -0.25) is 4.90 Å². The Kier molecular flexibility index (Phi) is 8.24. The third kappa shape index (κ3) is 6.45. The number of amides is 2. The molecule has 3 aromatic carbocycles. The second kappa shape index (κ2) is 11.6. The van der Waals surface area contributed by atoms with E-state index in [-0.39, 0.29) is 29.5 Å². The van der Waals surface area contributed by atoms with Crippen LogP contribution in [-0.4, -0.2) is 24.2 Å². The van der Waals surface area contributed by atoms with Gasteiger partial charge in [0.2, 0.25) is 0 Å². The molecule has 9 heteroatoms. The number of para-hydroxylation sites is 1. The summed E-state index contributed by atoms with van der Waals surface area (Å²) in [5.74, 6) is -0.834. The number of nitrogens with zero attached hydrogens (tertiary/aromatic N) is 1. The molecule has 0 heterocycles. The van der Waals surface area contributed by atoms with Crippen molar-refractivity contribution < 1.29 is 32.6 Å². The largest absolute Gasteiger partial charge is 0.497 e. The van der Waals surface area contributed by atoms with Crippen molar-refractivity contribution in [2.45, 2.75) is 50.7 Å². The van der Waals surface area contributed by atoms with Gasteiger partial charge in [-0.05, 0) is 60.2 Å². The summed E-state index contributed by atoms with van der Waals surface area (Å²) in [5.41, 5.74) is 1.46. The minimum absolute atomic E-state index is 0.0338. The van der Waals surface area contributed by atoms with E-state index in [1.807, 2.05) is 24.3 Å². The normalized spacial score (nSPS) is 14.1. The van der Waals surface area contributed by atoms with Gasteiger partial charge in [-0.1, -0.05) is 49.6 Å². The topological polar surface area (TPSA) is 78.9 Å². The first-order valence-corrected chi connectivity index (χ1v) is 12.4. The van der Waals surface area contributed by atoms with Crippen LogP contribution in [0.3, 0.4) is 0 Å². The van der Waals surface area contributed by atoms with Crippen molar-refractivity contribution >= 4 is 23.4 Å². The second-order valence-corrected chi connectivity index (χ2v) is 9.36. The SMILES string of the molecule is COc1cc(NC(=O)N(Cc2ccc(C(=O)O)cc2)c2ccccc2C2CCCCC2)cc(C(F)(F)F)c1. The molecule has 38 heavy (non-hydrogen) atoms. The summed E-state index contributed by atoms with van der Waals surface area (Å²) in [7, 11) is 1.26. The number of alkyl halides is 3. The van der Waals surface area contributed by atoms with Gasteiger partial charge in [0.05, 0.1) is 24.8 Å². The molecule has 3 aromatic rings. The number of urea groups is 1. The summed E-state index contributed by atoms with van der Waals surface area (Å²) in [6, 6.07) is 16.2. The lowest BCUT2D eigenvalue weighted by Crippen LogP contribution is -2.35. The number of carboxylic acids is 1. The maximum absolute atomic E-state index is 13.7. The molecule has 0 unspecified atom stereocenters. The molecule has 2 N–H and O–H groups in total. The molecule has 0 aromatic heterocycles. The Morgan fingerprint density at radius 3 is 2.32 bits per heavy atom. The van der Waals surface area contributed by atoms with Gasteiger partial charge < -0.3 is 15.2 Å². The molecule has 4 rings (SSSR count). The molecule has 1 aliphatic carbocycles. The van der Waals surface area contributed by atoms with Crippen LogP contribution in [0.1, 0.15) is 65.1 Å². The summed E-state index contributed by atoms with van der Waals surface area (Å²) in [6.45, 7) is 0.0889. The summed E-state index contributed by atoms with van der Waals surface area (Å²) < 4.78 is 45.4. The zero-order chi connectivity index (χ0) is 27.3. The number of benzene rings is 3. The summed E-state index contributed by atoms with van der Waals surface area (Å²) in [5, 5.41) is 11.8. The maximum Gasteiger partial charge on any atom is 0.416 e. The van der Waals surface area contributed by atoms with Crippen molar-refractivity contribution in [3.8, 4) is 5.75 Å². The van der Waals surface area contributed by atoms with E-state index in [1.165, 1.54) is 30.2 Å². The number of anilines is 2. The number of hydrogen-bond acceptors (Lipinski definition) is 3. The lowest BCUT2D eigenvalue weighted by Gasteiger charge is -2.30. The molecular weight excluding hydrogens is 497 g/mol. The number of halogens is 3. The van der Waals surface area contributed by atoms with Gasteiger partial charge in [0.25, 0.3) is 0 Å². The third-order valence-corrected chi connectivity index (χ3v) is 6.78. The van der Waals surface area contributed by atoms with Crippen molar-refractivity contribution in [1.82, 2.24) is 0 Å². The number of rotatable bonds is 7. The van der Waals surface area contributed by atoms with Crippen LogP contribution in [0.15, 0.2) is 66.7 Å². The highest BCUT2D eigenvalue weighted by Gasteiger charge is 2.32. The molecule has 200 valence electrons. The molecule has 0 atom stereocenters. The predicted octanol–water partition coefficient (Wildman–Crippen LogP) is 7.70. The van der Waals surface area contributed by atoms with E-state index in [0.29, 0.717) is 11.3 Å². The molecule has 0 spiro atoms. The first kappa shape index (κ1) is 27.0. The monoisotopic (exact) mass is 526 g/mol. The van der Waals surface area contributed by atoms with Crippen molar-refractivity contribution in [3.63, 3.8) is 0 Å². The number of methoxy groups -OCH3 is 1. The molecule has 6 nitrogen and oxygen atoms in total. The number of nitrogens with one attached hydrogen (secondary N) is 1. The van der Waals surface area contributed by atoms with Crippen LogP contribution in [0.25, 0.3) is 0 Å². The number of carbonyl (C=O) groups is 2. The third-order valence-electron chi connectivity index (χ3n) is 6.78. The van der Waals surface area contributed by atoms with Crippen molar-refractivity contribution in [2.24, 2.45) is 0 Å². The van der Waals surface area contributed by atoms with Gasteiger partial charge in [0.15, 0.2) is 0 Å². The van der Waals surface area contributed by atoms with Crippen LogP contribution in [0.5, 0.6) is 5.75 Å². The fraction of sp³-hybridized carbons (Fsp3) is 0.310. The standard InChI is InChI=1S/C29H29F3N2O4/c1-38-24-16-22(29(30,31)32)15-23(17-24)33-28(37)34(18-19-11-13-21(14-12-19)27(35)36)26-10-6-5-9-25(26)20-7-3-2-4-8-20/h5-6,9-17,20H,2-4,7-8,18H2,1H3,(H,33,37)(H,35,36). The van der Waals surface area contributed by atoms with Crippen molar-refractivity contribution in [1.29, 1.82) is 0 Å². The first-order valence-electron chi connectivity index (χ1n) is 12.4.